The fourth-order valence-corrected chi connectivity index (χ4v) is 2.68. The van der Waals surface area contributed by atoms with E-state index in [2.05, 4.69) is 5.10 Å². The molecule has 2 N–H and O–H groups in total. The zero-order chi connectivity index (χ0) is 17.0. The summed E-state index contributed by atoms with van der Waals surface area (Å²) < 4.78 is 12.9. The Hall–Kier alpha value is -1.60. The first-order valence-corrected chi connectivity index (χ1v) is 8.08. The number of ether oxygens (including phenoxy) is 2. The molecular formula is C16H28N4O3. The molecule has 2 unspecified atom stereocenters. The molecule has 0 aromatic carbocycles. The monoisotopic (exact) mass is 324 g/mol. The van der Waals surface area contributed by atoms with Crippen LogP contribution >= 0.6 is 0 Å². The van der Waals surface area contributed by atoms with Gasteiger partial charge in [-0.3, -0.25) is 9.58 Å². The third-order valence-electron chi connectivity index (χ3n) is 3.94. The molecule has 1 fully saturated rings. The molecule has 2 atom stereocenters. The summed E-state index contributed by atoms with van der Waals surface area (Å²) in [7, 11) is 1.91. The van der Waals surface area contributed by atoms with Crippen LogP contribution < -0.4 is 5.73 Å². The summed E-state index contributed by atoms with van der Waals surface area (Å²) in [6.07, 6.45) is 3.03. The van der Waals surface area contributed by atoms with Gasteiger partial charge in [0.1, 0.15) is 5.60 Å². The van der Waals surface area contributed by atoms with Crippen molar-refractivity contribution in [1.29, 1.82) is 0 Å². The van der Waals surface area contributed by atoms with Crippen molar-refractivity contribution in [1.82, 2.24) is 14.7 Å². The lowest BCUT2D eigenvalue weighted by Crippen LogP contribution is -2.57. The molecule has 1 saturated heterocycles. The fourth-order valence-electron chi connectivity index (χ4n) is 2.68. The number of nitrogens with two attached hydrogens (primary N) is 1. The number of aromatic nitrogens is 2. The summed E-state index contributed by atoms with van der Waals surface area (Å²) in [6.45, 7) is 7.07. The molecule has 23 heavy (non-hydrogen) atoms. The van der Waals surface area contributed by atoms with Gasteiger partial charge in [-0.1, -0.05) is 0 Å². The van der Waals surface area contributed by atoms with Crippen LogP contribution in [-0.4, -0.2) is 58.2 Å². The number of hydrogen-bond acceptors (Lipinski definition) is 5. The average Bonchev–Trinajstić information content (AvgIpc) is 2.88. The van der Waals surface area contributed by atoms with Crippen molar-refractivity contribution in [2.45, 2.75) is 51.3 Å². The van der Waals surface area contributed by atoms with E-state index in [1.807, 2.05) is 38.6 Å². The van der Waals surface area contributed by atoms with Crippen LogP contribution in [0.15, 0.2) is 12.3 Å². The van der Waals surface area contributed by atoms with Crippen molar-refractivity contribution < 1.29 is 14.3 Å². The molecule has 0 aliphatic carbocycles. The second-order valence-electron chi connectivity index (χ2n) is 6.96. The maximum absolute atomic E-state index is 12.4. The third kappa shape index (κ3) is 4.94. The number of hydrogen-bond donors (Lipinski definition) is 1. The van der Waals surface area contributed by atoms with Crippen molar-refractivity contribution >= 4 is 6.09 Å². The van der Waals surface area contributed by atoms with Crippen molar-refractivity contribution in [3.63, 3.8) is 0 Å². The van der Waals surface area contributed by atoms with Crippen LogP contribution in [0, 0.1) is 0 Å². The molecular weight excluding hydrogens is 296 g/mol. The lowest BCUT2D eigenvalue weighted by Gasteiger charge is -2.39. The third-order valence-corrected chi connectivity index (χ3v) is 3.94. The Balaban J connectivity index is 1.96. The highest BCUT2D eigenvalue weighted by Gasteiger charge is 2.34. The number of carbonyl (C=O) groups is 1. The summed E-state index contributed by atoms with van der Waals surface area (Å²) in [5.41, 5.74) is 6.96. The largest absolute Gasteiger partial charge is 0.444 e. The van der Waals surface area contributed by atoms with Crippen LogP contribution in [0.2, 0.25) is 0 Å². The van der Waals surface area contributed by atoms with Gasteiger partial charge < -0.3 is 15.2 Å². The molecule has 0 bridgehead atoms. The minimum absolute atomic E-state index is 0.160. The molecule has 1 aliphatic rings. The van der Waals surface area contributed by atoms with E-state index >= 15 is 0 Å². The summed E-state index contributed by atoms with van der Waals surface area (Å²) >= 11 is 0. The first-order chi connectivity index (χ1) is 10.8. The first kappa shape index (κ1) is 17.7. The van der Waals surface area contributed by atoms with E-state index in [9.17, 15) is 4.79 Å². The van der Waals surface area contributed by atoms with Crippen LogP contribution in [0.4, 0.5) is 4.79 Å². The molecule has 130 valence electrons. The lowest BCUT2D eigenvalue weighted by atomic mass is 10.0. The predicted octanol–water partition coefficient (Wildman–Crippen LogP) is 1.32. The number of carbonyl (C=O) groups excluding carboxylic acids is 1. The summed E-state index contributed by atoms with van der Waals surface area (Å²) in [4.78, 5) is 14.1. The highest BCUT2D eigenvalue weighted by Crippen LogP contribution is 2.18. The fraction of sp³-hybridized carbons (Fsp3) is 0.750. The highest BCUT2D eigenvalue weighted by molar-refractivity contribution is 5.68. The number of amides is 1. The number of rotatable bonds is 4. The molecule has 0 radical (unpaired) electrons. The number of aryl methyl sites for hydroxylation is 2. The van der Waals surface area contributed by atoms with E-state index in [1.165, 1.54) is 0 Å². The van der Waals surface area contributed by atoms with Gasteiger partial charge in [0, 0.05) is 31.5 Å². The van der Waals surface area contributed by atoms with Crippen LogP contribution in [0.1, 0.15) is 32.9 Å². The summed E-state index contributed by atoms with van der Waals surface area (Å²) in [6, 6.07) is 1.65. The average molecular weight is 324 g/mol. The van der Waals surface area contributed by atoms with Crippen LogP contribution in [0.5, 0.6) is 0 Å². The van der Waals surface area contributed by atoms with Crippen molar-refractivity contribution in [3.8, 4) is 0 Å². The van der Waals surface area contributed by atoms with E-state index in [0.717, 1.165) is 18.5 Å². The topological polar surface area (TPSA) is 82.6 Å². The van der Waals surface area contributed by atoms with Crippen molar-refractivity contribution in [2.24, 2.45) is 12.8 Å². The molecule has 2 rings (SSSR count). The number of morpholine rings is 1. The van der Waals surface area contributed by atoms with Crippen molar-refractivity contribution in [3.05, 3.63) is 18.0 Å². The smallest absolute Gasteiger partial charge is 0.410 e. The maximum atomic E-state index is 12.4. The van der Waals surface area contributed by atoms with Gasteiger partial charge in [0.05, 0.1) is 19.3 Å². The van der Waals surface area contributed by atoms with Gasteiger partial charge in [-0.15, -0.1) is 0 Å². The summed E-state index contributed by atoms with van der Waals surface area (Å²) in [5, 5.41) is 4.16. The van der Waals surface area contributed by atoms with E-state index in [-0.39, 0.29) is 18.2 Å². The molecule has 7 nitrogen and oxygen atoms in total. The van der Waals surface area contributed by atoms with Gasteiger partial charge >= 0.3 is 6.09 Å². The molecule has 1 aromatic heterocycles. The molecule has 0 saturated carbocycles. The Bertz CT molecular complexity index is 524. The van der Waals surface area contributed by atoms with Gasteiger partial charge in [0.25, 0.3) is 0 Å². The quantitative estimate of drug-likeness (QED) is 0.903. The Morgan fingerprint density at radius 2 is 2.30 bits per heavy atom. The molecule has 7 heteroatoms. The SMILES string of the molecule is Cn1nccc1CCC(N)C1COCCN1C(=O)OC(C)(C)C. The molecule has 1 amide bonds. The maximum Gasteiger partial charge on any atom is 0.410 e. The van der Waals surface area contributed by atoms with Crippen LogP contribution in [0.3, 0.4) is 0 Å². The second kappa shape index (κ2) is 7.31. The van der Waals surface area contributed by atoms with Crippen LogP contribution in [-0.2, 0) is 22.9 Å². The normalized spacial score (nSPS) is 20.4. The van der Waals surface area contributed by atoms with Gasteiger partial charge in [-0.25, -0.2) is 4.79 Å². The van der Waals surface area contributed by atoms with E-state index in [1.54, 1.807) is 11.1 Å². The minimum Gasteiger partial charge on any atom is -0.444 e. The Labute approximate surface area is 137 Å². The Morgan fingerprint density at radius 3 is 2.91 bits per heavy atom. The first-order valence-electron chi connectivity index (χ1n) is 8.08. The zero-order valence-electron chi connectivity index (χ0n) is 14.5. The predicted molar refractivity (Wildman–Crippen MR) is 87.1 cm³/mol. The summed E-state index contributed by atoms with van der Waals surface area (Å²) in [5.74, 6) is 0. The lowest BCUT2D eigenvalue weighted by molar-refractivity contribution is -0.0384. The Morgan fingerprint density at radius 1 is 1.57 bits per heavy atom. The molecule has 1 aromatic rings. The van der Waals surface area contributed by atoms with E-state index in [4.69, 9.17) is 15.2 Å². The van der Waals surface area contributed by atoms with Gasteiger partial charge in [-0.05, 0) is 39.7 Å². The number of nitrogens with zero attached hydrogens (tertiary/aromatic N) is 3. The van der Waals surface area contributed by atoms with Crippen molar-refractivity contribution in [2.75, 3.05) is 19.8 Å². The molecule has 0 spiro atoms. The molecule has 2 heterocycles. The van der Waals surface area contributed by atoms with E-state index in [0.29, 0.717) is 19.8 Å². The Kier molecular flexibility index (Phi) is 5.64. The van der Waals surface area contributed by atoms with Gasteiger partial charge in [-0.2, -0.15) is 5.10 Å². The minimum atomic E-state index is -0.515. The van der Waals surface area contributed by atoms with Crippen LogP contribution in [0.25, 0.3) is 0 Å². The highest BCUT2D eigenvalue weighted by atomic mass is 16.6. The zero-order valence-corrected chi connectivity index (χ0v) is 14.5. The molecule has 1 aliphatic heterocycles. The standard InChI is InChI=1S/C16H28N4O3/c1-16(2,3)23-15(21)20-9-10-22-11-14(20)13(17)6-5-12-7-8-18-19(12)4/h7-8,13-14H,5-6,9-11,17H2,1-4H3. The second-order valence-corrected chi connectivity index (χ2v) is 6.96. The van der Waals surface area contributed by atoms with Gasteiger partial charge in [0.2, 0.25) is 0 Å². The van der Waals surface area contributed by atoms with Gasteiger partial charge in [0.15, 0.2) is 0 Å². The van der Waals surface area contributed by atoms with E-state index < -0.39 is 5.60 Å².